The van der Waals surface area contributed by atoms with Crippen molar-refractivity contribution in [2.75, 3.05) is 6.54 Å². The molecule has 2 aliphatic rings. The molecule has 2 aromatic heterocycles. The van der Waals surface area contributed by atoms with Gasteiger partial charge in [0.2, 0.25) is 0 Å². The minimum absolute atomic E-state index is 0.141. The molecule has 0 saturated carbocycles. The third-order valence-corrected chi connectivity index (χ3v) is 7.52. The van der Waals surface area contributed by atoms with Gasteiger partial charge in [0, 0.05) is 65.0 Å². The van der Waals surface area contributed by atoms with Crippen molar-refractivity contribution < 1.29 is 23.9 Å². The van der Waals surface area contributed by atoms with Gasteiger partial charge in [-0.05, 0) is 51.7 Å². The topological polar surface area (TPSA) is 91.6 Å². The fraction of sp³-hybridized carbons (Fsp3) is 0.323. The molecule has 4 aromatic rings. The van der Waals surface area contributed by atoms with Crippen LogP contribution in [0.5, 0.6) is 0 Å². The van der Waals surface area contributed by atoms with E-state index in [4.69, 9.17) is 9.47 Å². The molecule has 1 atom stereocenters. The number of amides is 1. The summed E-state index contributed by atoms with van der Waals surface area (Å²) in [6.07, 6.45) is 2.94. The normalized spacial score (nSPS) is 17.6. The van der Waals surface area contributed by atoms with Crippen LogP contribution in [-0.2, 0) is 39.1 Å². The molecule has 0 bridgehead atoms. The Labute approximate surface area is 226 Å². The van der Waals surface area contributed by atoms with E-state index in [1.165, 1.54) is 0 Å². The first-order valence-corrected chi connectivity index (χ1v) is 13.2. The van der Waals surface area contributed by atoms with Crippen molar-refractivity contribution in [3.8, 4) is 0 Å². The summed E-state index contributed by atoms with van der Waals surface area (Å²) in [6, 6.07) is 15.8. The Morgan fingerprint density at radius 3 is 2.41 bits per heavy atom. The first-order chi connectivity index (χ1) is 18.6. The Kier molecular flexibility index (Phi) is 5.86. The summed E-state index contributed by atoms with van der Waals surface area (Å²) >= 11 is 0. The van der Waals surface area contributed by atoms with Crippen molar-refractivity contribution in [1.82, 2.24) is 14.5 Å². The van der Waals surface area contributed by atoms with Gasteiger partial charge in [-0.25, -0.2) is 14.4 Å². The summed E-state index contributed by atoms with van der Waals surface area (Å²) in [5.41, 5.74) is 4.40. The molecule has 0 saturated heterocycles. The van der Waals surface area contributed by atoms with E-state index in [9.17, 15) is 14.4 Å². The third kappa shape index (κ3) is 4.30. The number of cyclic esters (lactones) is 2. The van der Waals surface area contributed by atoms with E-state index in [1.807, 2.05) is 87.1 Å². The fourth-order valence-electron chi connectivity index (χ4n) is 5.91. The summed E-state index contributed by atoms with van der Waals surface area (Å²) in [4.78, 5) is 38.9. The first kappa shape index (κ1) is 25.0. The monoisotopic (exact) mass is 525 g/mol. The molecule has 4 heterocycles. The lowest BCUT2D eigenvalue weighted by molar-refractivity contribution is -0.149. The van der Waals surface area contributed by atoms with E-state index < -0.39 is 23.6 Å². The molecule has 8 nitrogen and oxygen atoms in total. The molecule has 6 rings (SSSR count). The predicted octanol–water partition coefficient (Wildman–Crippen LogP) is 5.21. The van der Waals surface area contributed by atoms with Crippen molar-refractivity contribution in [3.05, 3.63) is 71.5 Å². The van der Waals surface area contributed by atoms with Gasteiger partial charge < -0.3 is 23.9 Å². The van der Waals surface area contributed by atoms with Crippen molar-refractivity contribution in [2.45, 2.75) is 45.8 Å². The molecular formula is C31H31N3O5. The Morgan fingerprint density at radius 1 is 1.00 bits per heavy atom. The Morgan fingerprint density at radius 2 is 1.67 bits per heavy atom. The lowest BCUT2D eigenvalue weighted by Gasteiger charge is -2.27. The number of para-hydroxylation sites is 2. The van der Waals surface area contributed by atoms with Crippen LogP contribution in [0.2, 0.25) is 0 Å². The Bertz CT molecular complexity index is 1700. The number of benzene rings is 2. The van der Waals surface area contributed by atoms with E-state index in [-0.39, 0.29) is 5.92 Å². The van der Waals surface area contributed by atoms with Gasteiger partial charge in [-0.3, -0.25) is 0 Å². The molecule has 0 spiro atoms. The van der Waals surface area contributed by atoms with Crippen LogP contribution in [-0.4, -0.2) is 39.3 Å². The minimum Gasteiger partial charge on any atom is -0.444 e. The molecule has 2 aliphatic heterocycles. The standard InChI is InChI=1S/C31H31N3O5/c1-31(2,3)39-30(37)32-16-18-13-14-34-23-12-8-6-10-20(23)25(24(34)15-18)27-26(28(35)38-29(27)36)21-17-33(4)22-11-7-5-9-19(21)22/h5-12,17-18H,13-16H2,1-4H3,(H,32,37). The molecule has 39 heavy (non-hydrogen) atoms. The summed E-state index contributed by atoms with van der Waals surface area (Å²) in [5.74, 6) is -1.12. The van der Waals surface area contributed by atoms with E-state index >= 15 is 0 Å². The van der Waals surface area contributed by atoms with E-state index in [0.29, 0.717) is 29.7 Å². The number of aryl methyl sites for hydroxylation is 2. The van der Waals surface area contributed by atoms with Crippen LogP contribution in [0, 0.1) is 5.92 Å². The smallest absolute Gasteiger partial charge is 0.407 e. The van der Waals surface area contributed by atoms with Crippen molar-refractivity contribution in [3.63, 3.8) is 0 Å². The second-order valence-electron chi connectivity index (χ2n) is 11.3. The van der Waals surface area contributed by atoms with Crippen LogP contribution >= 0.6 is 0 Å². The molecule has 200 valence electrons. The molecule has 1 unspecified atom stereocenters. The summed E-state index contributed by atoms with van der Waals surface area (Å²) < 4.78 is 14.9. The summed E-state index contributed by atoms with van der Waals surface area (Å²) in [5, 5.41) is 4.70. The highest BCUT2D eigenvalue weighted by molar-refractivity contribution is 6.47. The largest absolute Gasteiger partial charge is 0.444 e. The quantitative estimate of drug-likeness (QED) is 0.292. The Hall–Kier alpha value is -4.33. The highest BCUT2D eigenvalue weighted by Crippen LogP contribution is 2.44. The number of hydrogen-bond donors (Lipinski definition) is 1. The fourth-order valence-corrected chi connectivity index (χ4v) is 5.91. The molecule has 0 aliphatic carbocycles. The summed E-state index contributed by atoms with van der Waals surface area (Å²) in [6.45, 7) is 6.69. The summed E-state index contributed by atoms with van der Waals surface area (Å²) in [7, 11) is 1.92. The number of hydrogen-bond acceptors (Lipinski definition) is 5. The van der Waals surface area contributed by atoms with Gasteiger partial charge in [-0.15, -0.1) is 0 Å². The van der Waals surface area contributed by atoms with Gasteiger partial charge in [0.15, 0.2) is 0 Å². The minimum atomic E-state index is -0.630. The second kappa shape index (κ2) is 9.15. The lowest BCUT2D eigenvalue weighted by atomic mass is 9.89. The highest BCUT2D eigenvalue weighted by atomic mass is 16.6. The first-order valence-electron chi connectivity index (χ1n) is 13.2. The maximum Gasteiger partial charge on any atom is 0.407 e. The number of aromatic nitrogens is 2. The van der Waals surface area contributed by atoms with Gasteiger partial charge in [0.1, 0.15) is 5.60 Å². The number of nitrogens with zero attached hydrogens (tertiary/aromatic N) is 2. The van der Waals surface area contributed by atoms with E-state index in [2.05, 4.69) is 9.88 Å². The van der Waals surface area contributed by atoms with Crippen molar-refractivity contribution >= 4 is 51.0 Å². The average Bonchev–Trinajstić information content (AvgIpc) is 3.49. The van der Waals surface area contributed by atoms with E-state index in [0.717, 1.165) is 46.0 Å². The Balaban J connectivity index is 1.47. The molecule has 1 amide bonds. The zero-order valence-electron chi connectivity index (χ0n) is 22.5. The van der Waals surface area contributed by atoms with Crippen LogP contribution in [0.3, 0.4) is 0 Å². The molecule has 8 heteroatoms. The van der Waals surface area contributed by atoms with E-state index in [1.54, 1.807) is 0 Å². The number of carbonyl (C=O) groups excluding carboxylic acids is 3. The second-order valence-corrected chi connectivity index (χ2v) is 11.3. The number of ether oxygens (including phenoxy) is 2. The number of nitrogens with one attached hydrogen (secondary N) is 1. The maximum atomic E-state index is 13.4. The lowest BCUT2D eigenvalue weighted by Crippen LogP contribution is -2.37. The molecule has 0 fully saturated rings. The van der Waals surface area contributed by atoms with Crippen LogP contribution in [0.4, 0.5) is 4.79 Å². The number of fused-ring (bicyclic) bond motifs is 4. The van der Waals surface area contributed by atoms with Crippen LogP contribution in [0.15, 0.2) is 54.7 Å². The zero-order chi connectivity index (χ0) is 27.5. The van der Waals surface area contributed by atoms with Crippen molar-refractivity contribution in [1.29, 1.82) is 0 Å². The maximum absolute atomic E-state index is 13.4. The van der Waals surface area contributed by atoms with Gasteiger partial charge >= 0.3 is 18.0 Å². The number of esters is 2. The van der Waals surface area contributed by atoms with Gasteiger partial charge in [-0.2, -0.15) is 0 Å². The van der Waals surface area contributed by atoms with Crippen LogP contribution < -0.4 is 5.32 Å². The molecule has 1 N–H and O–H groups in total. The number of alkyl carbamates (subject to hydrolysis) is 1. The predicted molar refractivity (Wildman–Crippen MR) is 149 cm³/mol. The van der Waals surface area contributed by atoms with Crippen molar-refractivity contribution in [2.24, 2.45) is 13.0 Å². The van der Waals surface area contributed by atoms with Crippen LogP contribution in [0.25, 0.3) is 33.0 Å². The van der Waals surface area contributed by atoms with Gasteiger partial charge in [0.25, 0.3) is 0 Å². The zero-order valence-corrected chi connectivity index (χ0v) is 22.5. The van der Waals surface area contributed by atoms with Crippen LogP contribution in [0.1, 0.15) is 44.0 Å². The highest BCUT2D eigenvalue weighted by Gasteiger charge is 2.40. The SMILES string of the molecule is Cn1cc(C2=C(c3c4n(c5ccccc35)CCC(CNC(=O)OC(C)(C)C)C4)C(=O)OC2=O)c2ccccc21. The third-order valence-electron chi connectivity index (χ3n) is 7.52. The molecule has 2 aromatic carbocycles. The van der Waals surface area contributed by atoms with Gasteiger partial charge in [0.05, 0.1) is 11.1 Å². The number of rotatable bonds is 4. The van der Waals surface area contributed by atoms with Gasteiger partial charge in [-0.1, -0.05) is 36.4 Å². The average molecular weight is 526 g/mol. The number of carbonyl (C=O) groups is 3. The molecule has 0 radical (unpaired) electrons. The molecular weight excluding hydrogens is 494 g/mol.